The van der Waals surface area contributed by atoms with E-state index < -0.39 is 0 Å². The highest BCUT2D eigenvalue weighted by Crippen LogP contribution is 2.06. The third-order valence-corrected chi connectivity index (χ3v) is 2.31. The molecule has 0 amide bonds. The minimum Gasteiger partial charge on any atom is -0.462 e. The number of aromatic nitrogens is 2. The van der Waals surface area contributed by atoms with E-state index in [1.165, 1.54) is 12.1 Å². The Balaban J connectivity index is 2.22. The van der Waals surface area contributed by atoms with Gasteiger partial charge in [0.2, 0.25) is 0 Å². The van der Waals surface area contributed by atoms with Gasteiger partial charge in [0.15, 0.2) is 5.43 Å². The lowest BCUT2D eigenvalue weighted by Crippen LogP contribution is -1.97. The fraction of sp³-hybridized carbons (Fsp3) is 0.231. The maximum absolute atomic E-state index is 11.3. The van der Waals surface area contributed by atoms with E-state index in [-0.39, 0.29) is 5.43 Å². The van der Waals surface area contributed by atoms with Gasteiger partial charge in [-0.1, -0.05) is 0 Å². The van der Waals surface area contributed by atoms with Gasteiger partial charge in [-0.2, -0.15) is 5.10 Å². The molecule has 17 heavy (non-hydrogen) atoms. The first-order valence-corrected chi connectivity index (χ1v) is 5.50. The first-order chi connectivity index (χ1) is 8.17. The Bertz CT molecular complexity index is 593. The van der Waals surface area contributed by atoms with E-state index in [9.17, 15) is 4.79 Å². The van der Waals surface area contributed by atoms with Crippen molar-refractivity contribution in [2.24, 2.45) is 0 Å². The molecule has 88 valence electrons. The fourth-order valence-electron chi connectivity index (χ4n) is 1.52. The Morgan fingerprint density at radius 2 is 2.24 bits per heavy atom. The van der Waals surface area contributed by atoms with Crippen LogP contribution in [0.1, 0.15) is 24.1 Å². The van der Waals surface area contributed by atoms with Crippen molar-refractivity contribution in [1.29, 1.82) is 0 Å². The molecule has 0 N–H and O–H groups in total. The lowest BCUT2D eigenvalue weighted by molar-refractivity contribution is 0.505. The molecular formula is C13H14N2O2. The van der Waals surface area contributed by atoms with Crippen molar-refractivity contribution in [2.75, 3.05) is 0 Å². The van der Waals surface area contributed by atoms with Crippen LogP contribution in [0.3, 0.4) is 0 Å². The fourth-order valence-corrected chi connectivity index (χ4v) is 1.52. The summed E-state index contributed by atoms with van der Waals surface area (Å²) in [7, 11) is 0. The van der Waals surface area contributed by atoms with Crippen molar-refractivity contribution < 1.29 is 4.42 Å². The van der Waals surface area contributed by atoms with Crippen LogP contribution in [0.25, 0.3) is 12.2 Å². The second-order valence-electron chi connectivity index (χ2n) is 3.74. The Hall–Kier alpha value is -2.10. The van der Waals surface area contributed by atoms with E-state index in [1.54, 1.807) is 13.0 Å². The van der Waals surface area contributed by atoms with Gasteiger partial charge in [0.25, 0.3) is 0 Å². The predicted octanol–water partition coefficient (Wildman–Crippen LogP) is 2.34. The van der Waals surface area contributed by atoms with Crippen molar-refractivity contribution in [3.05, 3.63) is 51.8 Å². The summed E-state index contributed by atoms with van der Waals surface area (Å²) in [6.07, 6.45) is 5.48. The molecule has 0 bridgehead atoms. The molecule has 0 saturated carbocycles. The van der Waals surface area contributed by atoms with Crippen LogP contribution >= 0.6 is 0 Å². The Morgan fingerprint density at radius 3 is 2.88 bits per heavy atom. The van der Waals surface area contributed by atoms with Crippen molar-refractivity contribution in [3.8, 4) is 0 Å². The summed E-state index contributed by atoms with van der Waals surface area (Å²) in [5.74, 6) is 1.15. The largest absolute Gasteiger partial charge is 0.462 e. The molecule has 0 aromatic carbocycles. The van der Waals surface area contributed by atoms with Crippen LogP contribution in [0.2, 0.25) is 0 Å². The van der Waals surface area contributed by atoms with Gasteiger partial charge in [0.05, 0.1) is 5.69 Å². The van der Waals surface area contributed by atoms with Crippen LogP contribution in [0.4, 0.5) is 0 Å². The van der Waals surface area contributed by atoms with Crippen molar-refractivity contribution in [3.63, 3.8) is 0 Å². The Labute approximate surface area is 99.2 Å². The summed E-state index contributed by atoms with van der Waals surface area (Å²) in [5, 5.41) is 4.30. The van der Waals surface area contributed by atoms with Crippen LogP contribution in [0.15, 0.2) is 33.6 Å². The minimum absolute atomic E-state index is 0.0486. The first-order valence-electron chi connectivity index (χ1n) is 5.50. The molecule has 2 heterocycles. The topological polar surface area (TPSA) is 48.0 Å². The quantitative estimate of drug-likeness (QED) is 0.813. The molecule has 4 heteroatoms. The zero-order valence-electron chi connectivity index (χ0n) is 9.88. The average Bonchev–Trinajstić information content (AvgIpc) is 2.73. The van der Waals surface area contributed by atoms with E-state index in [0.717, 1.165) is 12.2 Å². The molecule has 2 aromatic heterocycles. The molecule has 0 saturated heterocycles. The van der Waals surface area contributed by atoms with Gasteiger partial charge < -0.3 is 4.42 Å². The van der Waals surface area contributed by atoms with Gasteiger partial charge in [-0.15, -0.1) is 0 Å². The van der Waals surface area contributed by atoms with Crippen molar-refractivity contribution in [2.45, 2.75) is 20.4 Å². The van der Waals surface area contributed by atoms with Crippen LogP contribution in [-0.4, -0.2) is 9.78 Å². The second-order valence-corrected chi connectivity index (χ2v) is 3.74. The zero-order valence-corrected chi connectivity index (χ0v) is 9.88. The van der Waals surface area contributed by atoms with Crippen molar-refractivity contribution >= 4 is 12.2 Å². The molecule has 2 aromatic rings. The minimum atomic E-state index is -0.0486. The Kier molecular flexibility index (Phi) is 3.23. The van der Waals surface area contributed by atoms with Crippen molar-refractivity contribution in [1.82, 2.24) is 9.78 Å². The van der Waals surface area contributed by atoms with Crippen LogP contribution in [-0.2, 0) is 6.54 Å². The predicted molar refractivity (Wildman–Crippen MR) is 66.5 cm³/mol. The smallest absolute Gasteiger partial charge is 0.185 e. The van der Waals surface area contributed by atoms with Crippen LogP contribution < -0.4 is 5.43 Å². The van der Waals surface area contributed by atoms with Crippen LogP contribution in [0.5, 0.6) is 0 Å². The number of aryl methyl sites for hydroxylation is 2. The molecule has 0 atom stereocenters. The lowest BCUT2D eigenvalue weighted by Gasteiger charge is -1.94. The molecule has 0 fully saturated rings. The molecule has 0 unspecified atom stereocenters. The zero-order chi connectivity index (χ0) is 12.3. The highest BCUT2D eigenvalue weighted by Gasteiger charge is 1.96. The standard InChI is InChI=1S/C13H14N2O2/c1-3-15-7-6-11(14-15)4-5-13-9-12(16)8-10(2)17-13/h4-9H,3H2,1-2H3. The molecule has 4 nitrogen and oxygen atoms in total. The maximum atomic E-state index is 11.3. The summed E-state index contributed by atoms with van der Waals surface area (Å²) < 4.78 is 7.23. The SMILES string of the molecule is CCn1ccc(C=Cc2cc(=O)cc(C)o2)n1. The van der Waals surface area contributed by atoms with E-state index in [1.807, 2.05) is 29.9 Å². The van der Waals surface area contributed by atoms with E-state index in [4.69, 9.17) is 4.42 Å². The van der Waals surface area contributed by atoms with Gasteiger partial charge in [0, 0.05) is 24.9 Å². The molecule has 0 aliphatic rings. The summed E-state index contributed by atoms with van der Waals surface area (Å²) >= 11 is 0. The monoisotopic (exact) mass is 230 g/mol. The number of rotatable bonds is 3. The molecule has 0 aliphatic carbocycles. The summed E-state index contributed by atoms with van der Waals surface area (Å²) in [6, 6.07) is 4.83. The van der Waals surface area contributed by atoms with Gasteiger partial charge in [-0.25, -0.2) is 0 Å². The molecule has 0 aliphatic heterocycles. The molecular weight excluding hydrogens is 216 g/mol. The normalized spacial score (nSPS) is 11.2. The number of nitrogens with zero attached hydrogens (tertiary/aromatic N) is 2. The molecule has 0 spiro atoms. The third-order valence-electron chi connectivity index (χ3n) is 2.31. The van der Waals surface area contributed by atoms with Gasteiger partial charge >= 0.3 is 0 Å². The number of hydrogen-bond donors (Lipinski definition) is 0. The van der Waals surface area contributed by atoms with Gasteiger partial charge in [-0.3, -0.25) is 9.48 Å². The molecule has 0 radical (unpaired) electrons. The van der Waals surface area contributed by atoms with Crippen LogP contribution in [0, 0.1) is 6.92 Å². The highest BCUT2D eigenvalue weighted by atomic mass is 16.3. The van der Waals surface area contributed by atoms with E-state index in [0.29, 0.717) is 11.5 Å². The van der Waals surface area contributed by atoms with E-state index >= 15 is 0 Å². The second kappa shape index (κ2) is 4.82. The first kappa shape index (κ1) is 11.4. The maximum Gasteiger partial charge on any atom is 0.185 e. The number of hydrogen-bond acceptors (Lipinski definition) is 3. The Morgan fingerprint density at radius 1 is 1.41 bits per heavy atom. The average molecular weight is 230 g/mol. The van der Waals surface area contributed by atoms with Gasteiger partial charge in [-0.05, 0) is 32.1 Å². The summed E-state index contributed by atoms with van der Waals surface area (Å²) in [5.41, 5.74) is 0.795. The lowest BCUT2D eigenvalue weighted by atomic mass is 10.3. The van der Waals surface area contributed by atoms with Gasteiger partial charge in [0.1, 0.15) is 11.5 Å². The van der Waals surface area contributed by atoms with E-state index in [2.05, 4.69) is 5.10 Å². The highest BCUT2D eigenvalue weighted by molar-refractivity contribution is 5.65. The molecule has 2 rings (SSSR count). The third kappa shape index (κ3) is 2.93. The summed E-state index contributed by atoms with van der Waals surface area (Å²) in [6.45, 7) is 4.62. The summed E-state index contributed by atoms with van der Waals surface area (Å²) in [4.78, 5) is 11.3.